The fraction of sp³-hybridized carbons (Fsp3) is 0.200. The number of nitrogens with one attached hydrogen (secondary N) is 1. The Kier molecular flexibility index (Phi) is 6.53. The molecule has 1 amide bonds. The van der Waals surface area contributed by atoms with Crippen LogP contribution < -0.4 is 14.8 Å². The molecule has 1 unspecified atom stereocenters. The number of alkyl halides is 3. The number of carboxylic acid groups (broad SMARTS) is 1. The van der Waals surface area contributed by atoms with E-state index in [2.05, 4.69) is 10.3 Å². The Morgan fingerprint density at radius 2 is 2.00 bits per heavy atom. The third-order valence-electron chi connectivity index (χ3n) is 5.51. The van der Waals surface area contributed by atoms with Crippen LogP contribution in [0.4, 0.5) is 18.9 Å². The number of carboxylic acids is 1. The van der Waals surface area contributed by atoms with Crippen molar-refractivity contribution in [1.82, 2.24) is 4.98 Å². The topological polar surface area (TPSA) is 122 Å². The third-order valence-corrected chi connectivity index (χ3v) is 5.51. The third kappa shape index (κ3) is 5.07. The number of carbonyl (C=O) groups excluding carboxylic acids is 1. The van der Waals surface area contributed by atoms with Crippen molar-refractivity contribution >= 4 is 17.6 Å². The summed E-state index contributed by atoms with van der Waals surface area (Å²) in [4.78, 5) is 27.4. The number of carbonyl (C=O) groups is 2. The molecule has 11 heteroatoms. The lowest BCUT2D eigenvalue weighted by Crippen LogP contribution is -2.20. The Morgan fingerprint density at radius 1 is 1.22 bits per heavy atom. The first-order valence-electron chi connectivity index (χ1n) is 10.6. The Balaban J connectivity index is 1.55. The second-order valence-corrected chi connectivity index (χ2v) is 8.00. The van der Waals surface area contributed by atoms with Crippen LogP contribution in [0.3, 0.4) is 0 Å². The summed E-state index contributed by atoms with van der Waals surface area (Å²) in [6, 6.07) is 11.3. The summed E-state index contributed by atoms with van der Waals surface area (Å²) in [7, 11) is 0. The highest BCUT2D eigenvalue weighted by molar-refractivity contribution is 6.04. The van der Waals surface area contributed by atoms with E-state index in [1.807, 2.05) is 6.07 Å². The minimum absolute atomic E-state index is 0.0488. The highest BCUT2D eigenvalue weighted by Crippen LogP contribution is 2.39. The average molecular weight is 497 g/mol. The number of anilines is 1. The van der Waals surface area contributed by atoms with Gasteiger partial charge in [-0.1, -0.05) is 6.07 Å². The SMILES string of the molecule is Cc1cc(C(=O)Nc2ccc(C(F)(F)F)nc2)cc(C#N)c1Oc1ccc2c(c1)OCCC2C(=O)O. The number of hydrogen-bond donors (Lipinski definition) is 2. The molecule has 1 atom stereocenters. The number of amides is 1. The van der Waals surface area contributed by atoms with Gasteiger partial charge in [0.25, 0.3) is 5.91 Å². The maximum atomic E-state index is 12.7. The maximum absolute atomic E-state index is 12.7. The van der Waals surface area contributed by atoms with Gasteiger partial charge in [-0.3, -0.25) is 9.59 Å². The lowest BCUT2D eigenvalue weighted by molar-refractivity contribution is -0.141. The quantitative estimate of drug-likeness (QED) is 0.492. The van der Waals surface area contributed by atoms with Crippen molar-refractivity contribution in [3.8, 4) is 23.3 Å². The predicted octanol–water partition coefficient (Wildman–Crippen LogP) is 5.28. The Morgan fingerprint density at radius 3 is 2.64 bits per heavy atom. The van der Waals surface area contributed by atoms with Crippen LogP contribution in [0, 0.1) is 18.3 Å². The second kappa shape index (κ2) is 9.58. The van der Waals surface area contributed by atoms with E-state index >= 15 is 0 Å². The van der Waals surface area contributed by atoms with E-state index in [9.17, 15) is 33.1 Å². The fourth-order valence-electron chi connectivity index (χ4n) is 3.77. The number of aryl methyl sites for hydroxylation is 1. The fourth-order valence-corrected chi connectivity index (χ4v) is 3.77. The minimum atomic E-state index is -4.60. The lowest BCUT2D eigenvalue weighted by atomic mass is 9.93. The molecule has 0 bridgehead atoms. The number of ether oxygens (including phenoxy) is 2. The van der Waals surface area contributed by atoms with Crippen LogP contribution >= 0.6 is 0 Å². The summed E-state index contributed by atoms with van der Waals surface area (Å²) in [6.07, 6.45) is -3.35. The molecular formula is C25H18F3N3O5. The van der Waals surface area contributed by atoms with Crippen molar-refractivity contribution < 1.29 is 37.3 Å². The molecule has 0 fully saturated rings. The molecule has 4 rings (SSSR count). The number of benzene rings is 2. The van der Waals surface area contributed by atoms with Crippen molar-refractivity contribution in [2.45, 2.75) is 25.4 Å². The average Bonchev–Trinajstić information content (AvgIpc) is 2.84. The number of aliphatic carboxylic acids is 1. The number of hydrogen-bond acceptors (Lipinski definition) is 6. The van der Waals surface area contributed by atoms with Gasteiger partial charge in [-0.2, -0.15) is 18.4 Å². The molecule has 184 valence electrons. The highest BCUT2D eigenvalue weighted by atomic mass is 19.4. The van der Waals surface area contributed by atoms with Gasteiger partial charge in [-0.15, -0.1) is 0 Å². The van der Waals surface area contributed by atoms with Gasteiger partial charge in [0, 0.05) is 17.2 Å². The van der Waals surface area contributed by atoms with Crippen molar-refractivity contribution in [2.24, 2.45) is 0 Å². The van der Waals surface area contributed by atoms with Gasteiger partial charge in [-0.25, -0.2) is 4.98 Å². The van der Waals surface area contributed by atoms with Crippen molar-refractivity contribution in [3.63, 3.8) is 0 Å². The first-order chi connectivity index (χ1) is 17.1. The summed E-state index contributed by atoms with van der Waals surface area (Å²) in [5, 5.41) is 21.5. The zero-order valence-corrected chi connectivity index (χ0v) is 18.7. The zero-order chi connectivity index (χ0) is 26.0. The number of nitrogens with zero attached hydrogens (tertiary/aromatic N) is 2. The van der Waals surface area contributed by atoms with E-state index in [0.29, 0.717) is 29.0 Å². The van der Waals surface area contributed by atoms with Crippen LogP contribution in [-0.4, -0.2) is 28.6 Å². The van der Waals surface area contributed by atoms with Crippen molar-refractivity contribution in [3.05, 3.63) is 76.6 Å². The molecule has 8 nitrogen and oxygen atoms in total. The van der Waals surface area contributed by atoms with Gasteiger partial charge in [0.2, 0.25) is 0 Å². The molecule has 0 saturated carbocycles. The molecule has 36 heavy (non-hydrogen) atoms. The minimum Gasteiger partial charge on any atom is -0.493 e. The van der Waals surface area contributed by atoms with E-state index < -0.39 is 29.7 Å². The first-order valence-corrected chi connectivity index (χ1v) is 10.6. The van der Waals surface area contributed by atoms with Gasteiger partial charge in [0.05, 0.1) is 30.0 Å². The Bertz CT molecular complexity index is 1380. The van der Waals surface area contributed by atoms with Crippen LogP contribution in [0.5, 0.6) is 17.2 Å². The monoisotopic (exact) mass is 497 g/mol. The molecule has 0 aliphatic carbocycles. The normalized spacial score (nSPS) is 14.7. The lowest BCUT2D eigenvalue weighted by Gasteiger charge is -2.23. The summed E-state index contributed by atoms with van der Waals surface area (Å²) in [6.45, 7) is 1.87. The zero-order valence-electron chi connectivity index (χ0n) is 18.7. The summed E-state index contributed by atoms with van der Waals surface area (Å²) < 4.78 is 49.5. The van der Waals surface area contributed by atoms with E-state index in [-0.39, 0.29) is 29.2 Å². The molecule has 2 N–H and O–H groups in total. The molecule has 2 aromatic carbocycles. The number of nitriles is 1. The van der Waals surface area contributed by atoms with Crippen LogP contribution in [0.25, 0.3) is 0 Å². The standard InChI is InChI=1S/C25H18F3N3O5/c1-13-8-14(23(32)31-16-2-5-21(30-12-16)25(26,27)28)9-15(11-29)22(13)36-17-3-4-18-19(24(33)34)6-7-35-20(18)10-17/h2-5,8-10,12,19H,6-7H2,1H3,(H,31,32)(H,33,34). The largest absolute Gasteiger partial charge is 0.493 e. The van der Waals surface area contributed by atoms with E-state index in [1.165, 1.54) is 12.1 Å². The van der Waals surface area contributed by atoms with Crippen LogP contribution in [0.15, 0.2) is 48.7 Å². The maximum Gasteiger partial charge on any atom is 0.433 e. The molecule has 1 aliphatic rings. The smallest absolute Gasteiger partial charge is 0.433 e. The summed E-state index contributed by atoms with van der Waals surface area (Å²) in [5.74, 6) is -1.40. The van der Waals surface area contributed by atoms with Crippen LogP contribution in [0.2, 0.25) is 0 Å². The van der Waals surface area contributed by atoms with E-state index in [1.54, 1.807) is 25.1 Å². The van der Waals surface area contributed by atoms with Gasteiger partial charge >= 0.3 is 12.1 Å². The molecular weight excluding hydrogens is 479 g/mol. The highest BCUT2D eigenvalue weighted by Gasteiger charge is 2.32. The van der Waals surface area contributed by atoms with Gasteiger partial charge < -0.3 is 19.9 Å². The van der Waals surface area contributed by atoms with E-state index in [0.717, 1.165) is 18.3 Å². The molecule has 3 aromatic rings. The van der Waals surface area contributed by atoms with E-state index in [4.69, 9.17) is 9.47 Å². The second-order valence-electron chi connectivity index (χ2n) is 8.00. The van der Waals surface area contributed by atoms with Gasteiger partial charge in [-0.05, 0) is 49.2 Å². The number of aromatic nitrogens is 1. The molecule has 1 aromatic heterocycles. The van der Waals surface area contributed by atoms with Gasteiger partial charge in [0.15, 0.2) is 0 Å². The number of fused-ring (bicyclic) bond motifs is 1. The number of pyridine rings is 1. The van der Waals surface area contributed by atoms with Crippen molar-refractivity contribution in [1.29, 1.82) is 5.26 Å². The molecule has 1 aliphatic heterocycles. The Labute approximate surface area is 202 Å². The Hall–Kier alpha value is -4.59. The summed E-state index contributed by atoms with van der Waals surface area (Å²) in [5.41, 5.74) is 0.0888. The molecule has 0 spiro atoms. The molecule has 0 saturated heterocycles. The first kappa shape index (κ1) is 24.5. The summed E-state index contributed by atoms with van der Waals surface area (Å²) >= 11 is 0. The number of rotatable bonds is 5. The molecule has 0 radical (unpaired) electrons. The van der Waals surface area contributed by atoms with Crippen LogP contribution in [-0.2, 0) is 11.0 Å². The van der Waals surface area contributed by atoms with Crippen LogP contribution in [0.1, 0.15) is 45.1 Å². The predicted molar refractivity (Wildman–Crippen MR) is 120 cm³/mol. The van der Waals surface area contributed by atoms with Gasteiger partial charge in [0.1, 0.15) is 29.0 Å². The molecule has 2 heterocycles. The number of halogens is 3. The van der Waals surface area contributed by atoms with Crippen molar-refractivity contribution in [2.75, 3.05) is 11.9 Å².